The minimum Gasteiger partial charge on any atom is -0.462 e. The number of carbonyl (C=O) groups is 3. The van der Waals surface area contributed by atoms with Gasteiger partial charge in [0.2, 0.25) is 11.8 Å². The predicted molar refractivity (Wildman–Crippen MR) is 100 cm³/mol. The standard InChI is InChI=1S/C20H19N3O4/c1-3-27-20(26)17-6-4-5-7-18(17)23(14(2)24)13-19(25)22-16-10-8-15(12-21)9-11-16/h4-11H,3,13H2,1-2H3,(H,22,25). The lowest BCUT2D eigenvalue weighted by Gasteiger charge is -2.23. The molecule has 0 fully saturated rings. The average Bonchev–Trinajstić information content (AvgIpc) is 2.66. The molecule has 2 aromatic rings. The predicted octanol–water partition coefficient (Wildman–Crippen LogP) is 2.73. The SMILES string of the molecule is CCOC(=O)c1ccccc1N(CC(=O)Nc1ccc(C#N)cc1)C(C)=O. The Labute approximate surface area is 157 Å². The number of ether oxygens (including phenoxy) is 1. The third-order valence-electron chi connectivity index (χ3n) is 3.67. The van der Waals surface area contributed by atoms with Crippen LogP contribution in [0.4, 0.5) is 11.4 Å². The van der Waals surface area contributed by atoms with Gasteiger partial charge in [-0.05, 0) is 43.3 Å². The van der Waals surface area contributed by atoms with E-state index < -0.39 is 11.9 Å². The molecule has 0 saturated carbocycles. The zero-order valence-corrected chi connectivity index (χ0v) is 15.1. The molecule has 0 aromatic heterocycles. The van der Waals surface area contributed by atoms with Gasteiger partial charge in [0.05, 0.1) is 29.5 Å². The summed E-state index contributed by atoms with van der Waals surface area (Å²) in [6, 6.07) is 14.8. The van der Waals surface area contributed by atoms with Crippen LogP contribution >= 0.6 is 0 Å². The average molecular weight is 365 g/mol. The fraction of sp³-hybridized carbons (Fsp3) is 0.200. The smallest absolute Gasteiger partial charge is 0.340 e. The number of benzene rings is 2. The van der Waals surface area contributed by atoms with Crippen LogP contribution in [0.25, 0.3) is 0 Å². The van der Waals surface area contributed by atoms with E-state index in [9.17, 15) is 14.4 Å². The van der Waals surface area contributed by atoms with Gasteiger partial charge in [0.15, 0.2) is 0 Å². The Kier molecular flexibility index (Phi) is 6.67. The first-order chi connectivity index (χ1) is 13.0. The summed E-state index contributed by atoms with van der Waals surface area (Å²) in [7, 11) is 0. The molecule has 7 heteroatoms. The Morgan fingerprint density at radius 2 is 1.78 bits per heavy atom. The van der Waals surface area contributed by atoms with Crippen molar-refractivity contribution in [1.29, 1.82) is 5.26 Å². The number of para-hydroxylation sites is 1. The number of esters is 1. The van der Waals surface area contributed by atoms with Gasteiger partial charge in [-0.2, -0.15) is 5.26 Å². The molecule has 2 amide bonds. The molecule has 0 heterocycles. The van der Waals surface area contributed by atoms with Crippen LogP contribution in [0, 0.1) is 11.3 Å². The normalized spacial score (nSPS) is 9.81. The van der Waals surface area contributed by atoms with Crippen molar-refractivity contribution < 1.29 is 19.1 Å². The molecule has 0 aliphatic carbocycles. The van der Waals surface area contributed by atoms with E-state index >= 15 is 0 Å². The molecule has 2 aromatic carbocycles. The van der Waals surface area contributed by atoms with Crippen LogP contribution in [-0.4, -0.2) is 30.9 Å². The van der Waals surface area contributed by atoms with Gasteiger partial charge < -0.3 is 15.0 Å². The second-order valence-electron chi connectivity index (χ2n) is 5.58. The summed E-state index contributed by atoms with van der Waals surface area (Å²) in [6.45, 7) is 2.93. The first-order valence-electron chi connectivity index (χ1n) is 8.30. The van der Waals surface area contributed by atoms with Crippen molar-refractivity contribution in [2.24, 2.45) is 0 Å². The van der Waals surface area contributed by atoms with Gasteiger partial charge in [0, 0.05) is 12.6 Å². The number of nitrogens with zero attached hydrogens (tertiary/aromatic N) is 2. The molecule has 138 valence electrons. The van der Waals surface area contributed by atoms with E-state index in [2.05, 4.69) is 5.32 Å². The second-order valence-corrected chi connectivity index (χ2v) is 5.58. The number of nitriles is 1. The van der Waals surface area contributed by atoms with Crippen molar-refractivity contribution in [2.75, 3.05) is 23.4 Å². The molecule has 0 aliphatic rings. The van der Waals surface area contributed by atoms with E-state index in [1.54, 1.807) is 55.5 Å². The first kappa shape index (κ1) is 19.7. The van der Waals surface area contributed by atoms with Crippen LogP contribution < -0.4 is 10.2 Å². The van der Waals surface area contributed by atoms with E-state index in [1.165, 1.54) is 11.8 Å². The van der Waals surface area contributed by atoms with Crippen LogP contribution in [0.15, 0.2) is 48.5 Å². The molecule has 1 N–H and O–H groups in total. The maximum absolute atomic E-state index is 12.4. The maximum atomic E-state index is 12.4. The van der Waals surface area contributed by atoms with E-state index in [1.807, 2.05) is 6.07 Å². The minimum absolute atomic E-state index is 0.201. The van der Waals surface area contributed by atoms with E-state index in [0.29, 0.717) is 16.9 Å². The van der Waals surface area contributed by atoms with Gasteiger partial charge >= 0.3 is 5.97 Å². The molecule has 0 bridgehead atoms. The molecule has 0 radical (unpaired) electrons. The maximum Gasteiger partial charge on any atom is 0.340 e. The number of carbonyl (C=O) groups excluding carboxylic acids is 3. The summed E-state index contributed by atoms with van der Waals surface area (Å²) < 4.78 is 5.02. The Bertz CT molecular complexity index is 885. The third-order valence-corrected chi connectivity index (χ3v) is 3.67. The summed E-state index contributed by atoms with van der Waals surface area (Å²) in [6.07, 6.45) is 0. The summed E-state index contributed by atoms with van der Waals surface area (Å²) in [5.74, 6) is -1.39. The number of anilines is 2. The molecule has 0 atom stereocenters. The lowest BCUT2D eigenvalue weighted by atomic mass is 10.1. The summed E-state index contributed by atoms with van der Waals surface area (Å²) in [5, 5.41) is 11.5. The summed E-state index contributed by atoms with van der Waals surface area (Å²) >= 11 is 0. The molecule has 0 saturated heterocycles. The van der Waals surface area contributed by atoms with Crippen molar-refractivity contribution in [3.63, 3.8) is 0 Å². The van der Waals surface area contributed by atoms with Gasteiger partial charge in [-0.15, -0.1) is 0 Å². The lowest BCUT2D eigenvalue weighted by molar-refractivity contribution is -0.120. The van der Waals surface area contributed by atoms with Crippen molar-refractivity contribution in [3.8, 4) is 6.07 Å². The third kappa shape index (κ3) is 5.16. The van der Waals surface area contributed by atoms with Gasteiger partial charge in [0.25, 0.3) is 0 Å². The highest BCUT2D eigenvalue weighted by molar-refractivity contribution is 6.06. The molecule has 0 unspecified atom stereocenters. The quantitative estimate of drug-likeness (QED) is 0.794. The van der Waals surface area contributed by atoms with Crippen LogP contribution in [-0.2, 0) is 14.3 Å². The Hall–Kier alpha value is -3.66. The minimum atomic E-state index is -0.563. The van der Waals surface area contributed by atoms with Crippen LogP contribution in [0.5, 0.6) is 0 Å². The highest BCUT2D eigenvalue weighted by Gasteiger charge is 2.22. The van der Waals surface area contributed by atoms with E-state index in [0.717, 1.165) is 0 Å². The first-order valence-corrected chi connectivity index (χ1v) is 8.30. The van der Waals surface area contributed by atoms with Crippen molar-refractivity contribution >= 4 is 29.2 Å². The molecule has 0 spiro atoms. The van der Waals surface area contributed by atoms with Crippen LogP contribution in [0.1, 0.15) is 29.8 Å². The van der Waals surface area contributed by atoms with Gasteiger partial charge in [-0.3, -0.25) is 9.59 Å². The number of rotatable bonds is 6. The fourth-order valence-corrected chi connectivity index (χ4v) is 2.43. The molecule has 7 nitrogen and oxygen atoms in total. The number of nitrogens with one attached hydrogen (secondary N) is 1. The van der Waals surface area contributed by atoms with Gasteiger partial charge in [0.1, 0.15) is 6.54 Å². The number of hydrogen-bond acceptors (Lipinski definition) is 5. The number of amides is 2. The second kappa shape index (κ2) is 9.15. The van der Waals surface area contributed by atoms with Gasteiger partial charge in [-0.25, -0.2) is 4.79 Å². The summed E-state index contributed by atoms with van der Waals surface area (Å²) in [5.41, 5.74) is 1.49. The zero-order chi connectivity index (χ0) is 19.8. The topological polar surface area (TPSA) is 99.5 Å². The van der Waals surface area contributed by atoms with Crippen molar-refractivity contribution in [3.05, 3.63) is 59.7 Å². The monoisotopic (exact) mass is 365 g/mol. The highest BCUT2D eigenvalue weighted by atomic mass is 16.5. The largest absolute Gasteiger partial charge is 0.462 e. The van der Waals surface area contributed by atoms with Crippen LogP contribution in [0.2, 0.25) is 0 Å². The van der Waals surface area contributed by atoms with Crippen LogP contribution in [0.3, 0.4) is 0 Å². The fourth-order valence-electron chi connectivity index (χ4n) is 2.43. The highest BCUT2D eigenvalue weighted by Crippen LogP contribution is 2.22. The Morgan fingerprint density at radius 1 is 1.11 bits per heavy atom. The van der Waals surface area contributed by atoms with Crippen molar-refractivity contribution in [2.45, 2.75) is 13.8 Å². The zero-order valence-electron chi connectivity index (χ0n) is 15.1. The Morgan fingerprint density at radius 3 is 2.37 bits per heavy atom. The molecule has 27 heavy (non-hydrogen) atoms. The van der Waals surface area contributed by atoms with E-state index in [-0.39, 0.29) is 24.6 Å². The molecule has 0 aliphatic heterocycles. The molecular weight excluding hydrogens is 346 g/mol. The lowest BCUT2D eigenvalue weighted by Crippen LogP contribution is -2.37. The van der Waals surface area contributed by atoms with E-state index in [4.69, 9.17) is 10.00 Å². The Balaban J connectivity index is 2.20. The molecular formula is C20H19N3O4. The summed E-state index contributed by atoms with van der Waals surface area (Å²) in [4.78, 5) is 37.8. The van der Waals surface area contributed by atoms with Crippen molar-refractivity contribution in [1.82, 2.24) is 0 Å². The van der Waals surface area contributed by atoms with Gasteiger partial charge in [-0.1, -0.05) is 12.1 Å². The number of hydrogen-bond donors (Lipinski definition) is 1. The molecule has 2 rings (SSSR count).